The molecule has 12 nitrogen and oxygen atoms in total. The van der Waals surface area contributed by atoms with Crippen molar-refractivity contribution in [2.45, 2.75) is 0 Å². The van der Waals surface area contributed by atoms with Crippen molar-refractivity contribution in [2.24, 2.45) is 0 Å². The Hall–Kier alpha value is -12.8. The molecule has 0 radical (unpaired) electrons. The number of benzene rings is 10. The Balaban J connectivity index is 1.07. The van der Waals surface area contributed by atoms with Crippen molar-refractivity contribution < 1.29 is 0 Å². The van der Waals surface area contributed by atoms with E-state index >= 15 is 0 Å². The minimum absolute atomic E-state index is 0.205. The number of aromatic nitrogens is 5. The maximum absolute atomic E-state index is 11.6. The lowest BCUT2D eigenvalue weighted by atomic mass is 9.92. The number of rotatable bonds is 8. The van der Waals surface area contributed by atoms with Gasteiger partial charge in [-0.1, -0.05) is 133 Å². The average molecular weight is 1040 g/mol. The van der Waals surface area contributed by atoms with Crippen LogP contribution in [0.5, 0.6) is 0 Å². The second kappa shape index (κ2) is 20.0. The molecule has 0 unspecified atom stereocenters. The van der Waals surface area contributed by atoms with E-state index in [-0.39, 0.29) is 33.4 Å². The molecule has 0 atom stereocenters. The lowest BCUT2D eigenvalue weighted by Crippen LogP contribution is -2.04. The molecule has 0 aliphatic carbocycles. The molecular formula is C70H34N12. The van der Waals surface area contributed by atoms with Gasteiger partial charge in [-0.25, -0.2) is 15.0 Å². The van der Waals surface area contributed by atoms with Crippen LogP contribution in [0, 0.1) is 79.3 Å². The zero-order valence-corrected chi connectivity index (χ0v) is 43.0. The molecular weight excluding hydrogens is 1010 g/mol. The van der Waals surface area contributed by atoms with Crippen LogP contribution in [0.1, 0.15) is 38.9 Å². The highest BCUT2D eigenvalue weighted by atomic mass is 15.0. The van der Waals surface area contributed by atoms with Gasteiger partial charge in [-0.05, 0) is 83.9 Å². The van der Waals surface area contributed by atoms with Crippen LogP contribution in [-0.4, -0.2) is 24.1 Å². The van der Waals surface area contributed by atoms with Crippen LogP contribution in [0.25, 0.3) is 123 Å². The minimum Gasteiger partial charge on any atom is -0.309 e. The van der Waals surface area contributed by atoms with Gasteiger partial charge in [0.05, 0.1) is 109 Å². The molecule has 0 bridgehead atoms. The van der Waals surface area contributed by atoms with Crippen LogP contribution >= 0.6 is 0 Å². The maximum Gasteiger partial charge on any atom is 0.164 e. The van der Waals surface area contributed by atoms with Gasteiger partial charge in [0.2, 0.25) is 0 Å². The number of nitrogens with zero attached hydrogens (tertiary/aromatic N) is 12. The van der Waals surface area contributed by atoms with E-state index in [0.717, 1.165) is 54.7 Å². The van der Waals surface area contributed by atoms with Crippen LogP contribution in [0.15, 0.2) is 206 Å². The monoisotopic (exact) mass is 1040 g/mol. The SMILES string of the molecule is N#Cc1cc(C#N)c(-c2ccc3c(c2)c2ccccc2n3-c2cc(-c3nc(-c4ccccc4)nc(-c4ccccc4)n3)ccc2-c2cccc(-n3c4ccccc4c4cc(-c5c(C#N)cc(C#N)cc5C#N)ccc43)c2C#N)c(C#N)c1. The van der Waals surface area contributed by atoms with Gasteiger partial charge in [-0.2, -0.15) is 36.8 Å². The van der Waals surface area contributed by atoms with Gasteiger partial charge in [0, 0.05) is 60.5 Å². The third kappa shape index (κ3) is 7.98. The Kier molecular flexibility index (Phi) is 11.9. The first-order valence-electron chi connectivity index (χ1n) is 25.7. The molecule has 10 aromatic carbocycles. The summed E-state index contributed by atoms with van der Waals surface area (Å²) in [6, 6.07) is 80.3. The van der Waals surface area contributed by atoms with Crippen molar-refractivity contribution in [2.75, 3.05) is 0 Å². The topological polar surface area (TPSA) is 215 Å². The molecule has 12 heteroatoms. The third-order valence-corrected chi connectivity index (χ3v) is 14.8. The summed E-state index contributed by atoms with van der Waals surface area (Å²) < 4.78 is 4.22. The third-order valence-electron chi connectivity index (χ3n) is 14.8. The molecule has 0 N–H and O–H groups in total. The van der Waals surface area contributed by atoms with Crippen LogP contribution in [-0.2, 0) is 0 Å². The number of hydrogen-bond acceptors (Lipinski definition) is 10. The summed E-state index contributed by atoms with van der Waals surface area (Å²) >= 11 is 0. The lowest BCUT2D eigenvalue weighted by molar-refractivity contribution is 1.07. The Morgan fingerprint density at radius 2 is 0.695 bits per heavy atom. The Labute approximate surface area is 468 Å². The fraction of sp³-hybridized carbons (Fsp3) is 0. The van der Waals surface area contributed by atoms with Crippen molar-refractivity contribution >= 4 is 43.6 Å². The van der Waals surface area contributed by atoms with E-state index in [0.29, 0.717) is 73.4 Å². The van der Waals surface area contributed by atoms with Gasteiger partial charge in [0.25, 0.3) is 0 Å². The molecule has 0 spiro atoms. The molecule has 374 valence electrons. The highest BCUT2D eigenvalue weighted by Gasteiger charge is 2.25. The average Bonchev–Trinajstić information content (AvgIpc) is 2.52. The van der Waals surface area contributed by atoms with Gasteiger partial charge in [-0.3, -0.25) is 0 Å². The van der Waals surface area contributed by atoms with E-state index < -0.39 is 0 Å². The smallest absolute Gasteiger partial charge is 0.164 e. The molecule has 13 aromatic rings. The molecule has 3 aromatic heterocycles. The molecule has 0 saturated heterocycles. The number of hydrogen-bond donors (Lipinski definition) is 0. The largest absolute Gasteiger partial charge is 0.309 e. The first-order chi connectivity index (χ1) is 40.3. The molecule has 0 saturated carbocycles. The van der Waals surface area contributed by atoms with Crippen molar-refractivity contribution in [3.8, 4) is 121 Å². The van der Waals surface area contributed by atoms with E-state index in [4.69, 9.17) is 15.0 Å². The maximum atomic E-state index is 11.6. The van der Waals surface area contributed by atoms with Gasteiger partial charge >= 0.3 is 0 Å². The van der Waals surface area contributed by atoms with Crippen LogP contribution in [0.4, 0.5) is 0 Å². The van der Waals surface area contributed by atoms with Crippen molar-refractivity contribution in [3.63, 3.8) is 0 Å². The second-order valence-corrected chi connectivity index (χ2v) is 19.3. The fourth-order valence-corrected chi connectivity index (χ4v) is 11.3. The standard InChI is InChI=1S/C70H34N12/c71-35-42-28-49(37-73)66(50(29-42)38-74)46-23-26-63-57(32-46)54-16-7-9-19-60(54)81(63)62-21-11-18-53(59(62)41-77)56-25-22-48(70-79-68(44-12-3-1-4-13-44)78-69(80-70)45-14-5-2-6-15-45)34-65(56)82-61-20-10-8-17-55(61)58-33-47(24-27-64(58)82)67-51(39-75)30-43(36-72)31-52(67)40-76/h1-34H. The van der Waals surface area contributed by atoms with Crippen LogP contribution in [0.3, 0.4) is 0 Å². The number of nitriles is 7. The van der Waals surface area contributed by atoms with Crippen LogP contribution in [0.2, 0.25) is 0 Å². The summed E-state index contributed by atoms with van der Waals surface area (Å²) in [5, 5.41) is 75.8. The van der Waals surface area contributed by atoms with E-state index in [2.05, 4.69) is 51.6 Å². The summed E-state index contributed by atoms with van der Waals surface area (Å²) in [5.41, 5.74) is 11.9. The van der Waals surface area contributed by atoms with E-state index in [9.17, 15) is 36.8 Å². The first-order valence-corrected chi connectivity index (χ1v) is 25.7. The van der Waals surface area contributed by atoms with Gasteiger partial charge < -0.3 is 9.13 Å². The van der Waals surface area contributed by atoms with E-state index in [1.807, 2.05) is 182 Å². The van der Waals surface area contributed by atoms with Crippen molar-refractivity contribution in [1.29, 1.82) is 36.8 Å². The highest BCUT2D eigenvalue weighted by Crippen LogP contribution is 2.44. The van der Waals surface area contributed by atoms with Gasteiger partial charge in [-0.15, -0.1) is 0 Å². The lowest BCUT2D eigenvalue weighted by Gasteiger charge is -2.19. The van der Waals surface area contributed by atoms with E-state index in [1.54, 1.807) is 0 Å². The molecule has 13 rings (SSSR count). The minimum atomic E-state index is 0.205. The predicted octanol–water partition coefficient (Wildman–Crippen LogP) is 15.2. The molecule has 0 fully saturated rings. The zero-order valence-electron chi connectivity index (χ0n) is 43.0. The van der Waals surface area contributed by atoms with E-state index in [1.165, 1.54) is 24.3 Å². The van der Waals surface area contributed by atoms with Gasteiger partial charge in [0.1, 0.15) is 6.07 Å². The molecule has 0 amide bonds. The summed E-state index contributed by atoms with van der Waals surface area (Å²) in [4.78, 5) is 15.2. The fourth-order valence-electron chi connectivity index (χ4n) is 11.3. The van der Waals surface area contributed by atoms with Crippen molar-refractivity contribution in [3.05, 3.63) is 245 Å². The molecule has 0 aliphatic rings. The Morgan fingerprint density at radius 1 is 0.280 bits per heavy atom. The summed E-state index contributed by atoms with van der Waals surface area (Å²) in [5.74, 6) is 1.39. The molecule has 0 aliphatic heterocycles. The number of fused-ring (bicyclic) bond motifs is 6. The molecule has 82 heavy (non-hydrogen) atoms. The zero-order chi connectivity index (χ0) is 56.0. The molecule has 3 heterocycles. The first kappa shape index (κ1) is 48.9. The Bertz CT molecular complexity index is 5070. The quantitative estimate of drug-likeness (QED) is 0.140. The Morgan fingerprint density at radius 3 is 1.15 bits per heavy atom. The summed E-state index contributed by atoms with van der Waals surface area (Å²) in [7, 11) is 0. The van der Waals surface area contributed by atoms with Crippen molar-refractivity contribution in [1.82, 2.24) is 24.1 Å². The van der Waals surface area contributed by atoms with Crippen LogP contribution < -0.4 is 0 Å². The highest BCUT2D eigenvalue weighted by molar-refractivity contribution is 6.13. The number of para-hydroxylation sites is 2. The second-order valence-electron chi connectivity index (χ2n) is 19.3. The summed E-state index contributed by atoms with van der Waals surface area (Å²) in [6.07, 6.45) is 0. The summed E-state index contributed by atoms with van der Waals surface area (Å²) in [6.45, 7) is 0. The normalized spacial score (nSPS) is 10.8. The predicted molar refractivity (Wildman–Crippen MR) is 314 cm³/mol. The van der Waals surface area contributed by atoms with Gasteiger partial charge in [0.15, 0.2) is 17.5 Å².